The van der Waals surface area contributed by atoms with Gasteiger partial charge in [-0.1, -0.05) is 36.4 Å². The third-order valence-electron chi connectivity index (χ3n) is 7.00. The smallest absolute Gasteiger partial charge is 0.201 e. The van der Waals surface area contributed by atoms with Crippen LogP contribution in [0, 0.1) is 0 Å². The number of aromatic nitrogens is 1. The van der Waals surface area contributed by atoms with Gasteiger partial charge in [-0.05, 0) is 49.0 Å². The molecule has 6 nitrogen and oxygen atoms in total. The Morgan fingerprint density at radius 1 is 1.06 bits per heavy atom. The molecule has 0 aliphatic carbocycles. The Kier molecular flexibility index (Phi) is 4.47. The Bertz CT molecular complexity index is 1520. The van der Waals surface area contributed by atoms with Gasteiger partial charge in [0.2, 0.25) is 5.60 Å². The Labute approximate surface area is 190 Å². The van der Waals surface area contributed by atoms with Crippen LogP contribution in [0.2, 0.25) is 0 Å². The molecule has 0 saturated heterocycles. The number of phenolic OH excluding ortho intramolecular Hbond substituents is 1. The molecule has 0 saturated carbocycles. The van der Waals surface area contributed by atoms with Crippen LogP contribution in [0.1, 0.15) is 22.8 Å². The summed E-state index contributed by atoms with van der Waals surface area (Å²) in [6.07, 6.45) is 1.45. The van der Waals surface area contributed by atoms with Crippen LogP contribution in [-0.4, -0.2) is 40.4 Å². The van der Waals surface area contributed by atoms with Crippen LogP contribution < -0.4 is 20.8 Å². The summed E-state index contributed by atoms with van der Waals surface area (Å²) in [5, 5.41) is 40.2. The number of fused-ring (bicyclic) bond motifs is 6. The number of hydrogen-bond acceptors (Lipinski definition) is 4. The van der Waals surface area contributed by atoms with Crippen molar-refractivity contribution in [3.63, 3.8) is 0 Å². The Morgan fingerprint density at radius 2 is 1.85 bits per heavy atom. The predicted octanol–water partition coefficient (Wildman–Crippen LogP) is 0.495. The zero-order valence-corrected chi connectivity index (χ0v) is 18.3. The lowest BCUT2D eigenvalue weighted by molar-refractivity contribution is -0.744. The molecule has 0 radical (unpaired) electrons. The fourth-order valence-electron chi connectivity index (χ4n) is 5.51. The van der Waals surface area contributed by atoms with E-state index in [1.54, 1.807) is 25.2 Å². The number of aliphatic hydroxyl groups excluding tert-OH is 1. The molecule has 3 unspecified atom stereocenters. The second-order valence-electron chi connectivity index (χ2n) is 8.83. The van der Waals surface area contributed by atoms with Crippen LogP contribution in [0.4, 0.5) is 5.69 Å². The van der Waals surface area contributed by atoms with Gasteiger partial charge in [0.05, 0.1) is 11.7 Å². The normalized spacial score (nSPS) is 21.9. The summed E-state index contributed by atoms with van der Waals surface area (Å²) in [4.78, 5) is 4.58. The van der Waals surface area contributed by atoms with Crippen molar-refractivity contribution < 1.29 is 20.2 Å². The lowest BCUT2D eigenvalue weighted by atomic mass is 9.83. The first kappa shape index (κ1) is 20.2. The highest BCUT2D eigenvalue weighted by atomic mass is 16.3. The van der Waals surface area contributed by atoms with E-state index in [1.807, 2.05) is 42.5 Å². The SMILES string of the molecule is CNCC(O)c1ccc(O)c(C2(O)C3=c4[nH]c5ccccc5c4=CC[NH+]3c3ccccc32)c1. The van der Waals surface area contributed by atoms with Gasteiger partial charge in [0, 0.05) is 28.2 Å². The van der Waals surface area contributed by atoms with Crippen LogP contribution in [0.5, 0.6) is 5.75 Å². The van der Waals surface area contributed by atoms with Crippen LogP contribution >= 0.6 is 0 Å². The first-order valence-corrected chi connectivity index (χ1v) is 11.2. The van der Waals surface area contributed by atoms with Gasteiger partial charge in [0.15, 0.2) is 5.70 Å². The van der Waals surface area contributed by atoms with Gasteiger partial charge in [-0.2, -0.15) is 0 Å². The van der Waals surface area contributed by atoms with E-state index in [2.05, 4.69) is 22.4 Å². The van der Waals surface area contributed by atoms with E-state index in [9.17, 15) is 15.3 Å². The van der Waals surface area contributed by atoms with Crippen molar-refractivity contribution >= 4 is 28.4 Å². The van der Waals surface area contributed by atoms with Crippen molar-refractivity contribution in [1.82, 2.24) is 10.3 Å². The highest BCUT2D eigenvalue weighted by Crippen LogP contribution is 2.46. The first-order chi connectivity index (χ1) is 16.0. The molecular weight excluding hydrogens is 414 g/mol. The quantitative estimate of drug-likeness (QED) is 0.279. The van der Waals surface area contributed by atoms with E-state index in [0.29, 0.717) is 24.2 Å². The van der Waals surface area contributed by atoms with Crippen molar-refractivity contribution in [2.45, 2.75) is 11.7 Å². The van der Waals surface area contributed by atoms with E-state index >= 15 is 0 Å². The maximum absolute atomic E-state index is 12.5. The van der Waals surface area contributed by atoms with Gasteiger partial charge in [-0.25, -0.2) is 0 Å². The molecule has 0 amide bonds. The summed E-state index contributed by atoms with van der Waals surface area (Å²) in [5.74, 6) is -0.00586. The van der Waals surface area contributed by atoms with E-state index in [1.165, 1.54) is 0 Å². The number of benzene rings is 3. The summed E-state index contributed by atoms with van der Waals surface area (Å²) in [7, 11) is 1.78. The average Bonchev–Trinajstić information content (AvgIpc) is 3.33. The molecule has 1 aromatic heterocycles. The van der Waals surface area contributed by atoms with E-state index < -0.39 is 11.7 Å². The molecule has 6 rings (SSSR count). The monoisotopic (exact) mass is 440 g/mol. The molecule has 6 heteroatoms. The minimum absolute atomic E-state index is 0.00586. The molecular formula is C27H26N3O3+. The molecule has 0 spiro atoms. The van der Waals surface area contributed by atoms with E-state index in [0.717, 1.165) is 43.3 Å². The molecule has 3 atom stereocenters. The lowest BCUT2D eigenvalue weighted by Crippen LogP contribution is -3.05. The number of hydrogen-bond donors (Lipinski definition) is 6. The van der Waals surface area contributed by atoms with E-state index in [-0.39, 0.29) is 5.75 Å². The summed E-state index contributed by atoms with van der Waals surface area (Å²) < 4.78 is 0. The predicted molar refractivity (Wildman–Crippen MR) is 127 cm³/mol. The number of likely N-dealkylation sites (N-methyl/N-ethyl adjacent to an activating group) is 1. The number of nitrogens with one attached hydrogen (secondary N) is 3. The summed E-state index contributed by atoms with van der Waals surface area (Å²) in [6, 6.07) is 21.0. The molecule has 33 heavy (non-hydrogen) atoms. The van der Waals surface area contributed by atoms with Crippen molar-refractivity contribution in [1.29, 1.82) is 0 Å². The fraction of sp³-hybridized carbons (Fsp3) is 0.185. The minimum Gasteiger partial charge on any atom is -0.508 e. The van der Waals surface area contributed by atoms with Gasteiger partial charge in [0.25, 0.3) is 0 Å². The number of quaternary nitrogens is 1. The van der Waals surface area contributed by atoms with Gasteiger partial charge in [-0.3, -0.25) is 4.90 Å². The van der Waals surface area contributed by atoms with E-state index in [4.69, 9.17) is 0 Å². The maximum Gasteiger partial charge on any atom is 0.201 e. The number of phenols is 1. The Morgan fingerprint density at radius 3 is 2.70 bits per heavy atom. The second kappa shape index (κ2) is 7.30. The number of H-pyrrole nitrogens is 1. The minimum atomic E-state index is -1.56. The van der Waals surface area contributed by atoms with Crippen LogP contribution in [-0.2, 0) is 5.60 Å². The highest BCUT2D eigenvalue weighted by Gasteiger charge is 2.54. The lowest BCUT2D eigenvalue weighted by Gasteiger charge is -2.27. The fourth-order valence-corrected chi connectivity index (χ4v) is 5.51. The number of aromatic hydroxyl groups is 1. The number of aromatic amines is 1. The third kappa shape index (κ3) is 2.76. The molecule has 0 bridgehead atoms. The standard InChI is InChI=1S/C27H25N3O3/c1-28-15-24(32)16-10-11-23(31)20(14-16)27(33)19-7-3-5-9-22(19)30-13-12-18-17-6-2-4-8-21(17)29-25(18)26(27)30/h2-12,14,24,28-29,31-33H,13,15H2,1H3/p+1. The first-order valence-electron chi connectivity index (χ1n) is 11.2. The molecule has 0 fully saturated rings. The average molecular weight is 441 g/mol. The zero-order valence-electron chi connectivity index (χ0n) is 18.3. The van der Waals surface area contributed by atoms with Crippen molar-refractivity contribution in [3.05, 3.63) is 94.0 Å². The zero-order chi connectivity index (χ0) is 22.7. The second-order valence-corrected chi connectivity index (χ2v) is 8.83. The van der Waals surface area contributed by atoms with Crippen LogP contribution in [0.25, 0.3) is 22.7 Å². The van der Waals surface area contributed by atoms with Crippen molar-refractivity contribution in [3.8, 4) is 5.75 Å². The largest absolute Gasteiger partial charge is 0.508 e. The molecule has 2 aliphatic rings. The highest BCUT2D eigenvalue weighted by molar-refractivity contribution is 5.83. The molecule has 3 aromatic carbocycles. The van der Waals surface area contributed by atoms with Gasteiger partial charge in [-0.15, -0.1) is 0 Å². The number of aliphatic hydroxyl groups is 2. The summed E-state index contributed by atoms with van der Waals surface area (Å²) >= 11 is 0. The molecule has 4 aromatic rings. The Balaban J connectivity index is 1.71. The molecule has 166 valence electrons. The number of para-hydroxylation sites is 2. The van der Waals surface area contributed by atoms with Crippen molar-refractivity contribution in [2.75, 3.05) is 20.1 Å². The molecule has 6 N–H and O–H groups in total. The maximum atomic E-state index is 12.5. The van der Waals surface area contributed by atoms with Gasteiger partial charge < -0.3 is 25.6 Å². The van der Waals surface area contributed by atoms with Gasteiger partial charge >= 0.3 is 0 Å². The molecule has 3 heterocycles. The third-order valence-corrected chi connectivity index (χ3v) is 7.00. The topological polar surface area (TPSA) is 92.9 Å². The Hall–Kier alpha value is -3.42. The number of rotatable bonds is 4. The van der Waals surface area contributed by atoms with Crippen molar-refractivity contribution in [2.24, 2.45) is 0 Å². The van der Waals surface area contributed by atoms with Gasteiger partial charge in [0.1, 0.15) is 23.3 Å². The summed E-state index contributed by atoms with van der Waals surface area (Å²) in [6.45, 7) is 1.06. The molecule has 2 aliphatic heterocycles. The van der Waals surface area contributed by atoms with Crippen LogP contribution in [0.3, 0.4) is 0 Å². The summed E-state index contributed by atoms with van der Waals surface area (Å²) in [5.41, 5.74) is 2.95. The van der Waals surface area contributed by atoms with Crippen LogP contribution in [0.15, 0.2) is 66.7 Å².